The Morgan fingerprint density at radius 3 is 3.05 bits per heavy atom. The number of aromatic nitrogens is 3. The zero-order valence-corrected chi connectivity index (χ0v) is 9.79. The van der Waals surface area contributed by atoms with E-state index in [2.05, 4.69) is 15.5 Å². The Morgan fingerprint density at radius 2 is 2.26 bits per heavy atom. The summed E-state index contributed by atoms with van der Waals surface area (Å²) in [5, 5.41) is 8.91. The number of para-hydroxylation sites is 2. The average Bonchev–Trinajstić information content (AvgIpc) is 2.99. The zero-order chi connectivity index (χ0) is 13.2. The molecule has 3 rings (SSSR count). The maximum atomic E-state index is 11.8. The highest BCUT2D eigenvalue weighted by molar-refractivity contribution is 5.91. The molecule has 2 N–H and O–H groups in total. The van der Waals surface area contributed by atoms with Crippen molar-refractivity contribution in [1.82, 2.24) is 14.8 Å². The quantitative estimate of drug-likeness (QED) is 0.731. The van der Waals surface area contributed by atoms with E-state index in [1.165, 1.54) is 10.8 Å². The molecular weight excluding hydrogens is 248 g/mol. The van der Waals surface area contributed by atoms with Crippen LogP contribution in [0.2, 0.25) is 0 Å². The van der Waals surface area contributed by atoms with Gasteiger partial charge in [0, 0.05) is 6.20 Å². The van der Waals surface area contributed by atoms with E-state index in [1.54, 1.807) is 30.5 Å². The Labute approximate surface area is 106 Å². The second kappa shape index (κ2) is 4.45. The highest BCUT2D eigenvalue weighted by atomic mass is 16.4. The van der Waals surface area contributed by atoms with Crippen LogP contribution in [0.3, 0.4) is 0 Å². The van der Waals surface area contributed by atoms with Gasteiger partial charge in [0.2, 0.25) is 5.91 Å². The number of benzene rings is 1. The number of amides is 1. The van der Waals surface area contributed by atoms with E-state index >= 15 is 0 Å². The molecule has 0 saturated carbocycles. The van der Waals surface area contributed by atoms with E-state index in [-0.39, 0.29) is 12.5 Å². The van der Waals surface area contributed by atoms with Crippen molar-refractivity contribution in [2.45, 2.75) is 6.54 Å². The van der Waals surface area contributed by atoms with Crippen LogP contribution in [-0.2, 0) is 11.3 Å². The number of nitrogens with one attached hydrogen (secondary N) is 2. The number of carbonyl (C=O) groups excluding carboxylic acids is 1. The van der Waals surface area contributed by atoms with Crippen molar-refractivity contribution in [3.05, 3.63) is 47.2 Å². The van der Waals surface area contributed by atoms with E-state index < -0.39 is 5.76 Å². The van der Waals surface area contributed by atoms with Crippen molar-refractivity contribution in [2.24, 2.45) is 0 Å². The van der Waals surface area contributed by atoms with Gasteiger partial charge in [-0.25, -0.2) is 4.79 Å². The molecule has 1 aromatic carbocycles. The first-order valence-electron chi connectivity index (χ1n) is 5.61. The molecule has 7 nitrogen and oxygen atoms in total. The number of anilines is 1. The lowest BCUT2D eigenvalue weighted by atomic mass is 10.3. The maximum absolute atomic E-state index is 11.8. The summed E-state index contributed by atoms with van der Waals surface area (Å²) in [4.78, 5) is 23.5. The minimum Gasteiger partial charge on any atom is -0.408 e. The van der Waals surface area contributed by atoms with Crippen LogP contribution in [0.1, 0.15) is 0 Å². The van der Waals surface area contributed by atoms with Crippen molar-refractivity contribution in [2.75, 3.05) is 5.32 Å². The molecule has 96 valence electrons. The molecule has 0 aliphatic rings. The molecule has 0 fully saturated rings. The van der Waals surface area contributed by atoms with Gasteiger partial charge < -0.3 is 9.73 Å². The number of aromatic amines is 1. The molecule has 19 heavy (non-hydrogen) atoms. The van der Waals surface area contributed by atoms with Gasteiger partial charge in [0.1, 0.15) is 6.54 Å². The fourth-order valence-electron chi connectivity index (χ4n) is 1.83. The Bertz CT molecular complexity index is 770. The van der Waals surface area contributed by atoms with Crippen molar-refractivity contribution in [3.8, 4) is 0 Å². The van der Waals surface area contributed by atoms with Crippen LogP contribution >= 0.6 is 0 Å². The van der Waals surface area contributed by atoms with Gasteiger partial charge in [0.05, 0.1) is 17.4 Å². The number of carbonyl (C=O) groups is 1. The Balaban J connectivity index is 1.87. The highest BCUT2D eigenvalue weighted by Gasteiger charge is 2.12. The number of hydrogen-bond acceptors (Lipinski definition) is 4. The lowest BCUT2D eigenvalue weighted by Gasteiger charge is -2.02. The first-order valence-corrected chi connectivity index (χ1v) is 5.61. The number of nitrogens with zero attached hydrogens (tertiary/aromatic N) is 2. The number of H-pyrrole nitrogens is 1. The molecule has 0 atom stereocenters. The smallest absolute Gasteiger partial charge is 0.408 e. The van der Waals surface area contributed by atoms with Gasteiger partial charge in [-0.15, -0.1) is 0 Å². The molecule has 0 aliphatic carbocycles. The minimum atomic E-state index is -0.552. The van der Waals surface area contributed by atoms with Crippen LogP contribution in [-0.4, -0.2) is 20.7 Å². The third-order valence-electron chi connectivity index (χ3n) is 2.66. The van der Waals surface area contributed by atoms with E-state index in [4.69, 9.17) is 4.42 Å². The van der Waals surface area contributed by atoms with Crippen molar-refractivity contribution in [3.63, 3.8) is 0 Å². The van der Waals surface area contributed by atoms with E-state index in [0.29, 0.717) is 16.8 Å². The third-order valence-corrected chi connectivity index (χ3v) is 2.66. The summed E-state index contributed by atoms with van der Waals surface area (Å²) in [6, 6.07) is 6.95. The second-order valence-corrected chi connectivity index (χ2v) is 3.96. The van der Waals surface area contributed by atoms with Crippen molar-refractivity contribution in [1.29, 1.82) is 0 Å². The van der Waals surface area contributed by atoms with E-state index in [9.17, 15) is 9.59 Å². The summed E-state index contributed by atoms with van der Waals surface area (Å²) in [5.41, 5.74) is 1.60. The predicted octanol–water partition coefficient (Wildman–Crippen LogP) is 0.956. The van der Waals surface area contributed by atoms with Crippen LogP contribution in [0, 0.1) is 0 Å². The van der Waals surface area contributed by atoms with Crippen molar-refractivity contribution >= 4 is 22.7 Å². The zero-order valence-electron chi connectivity index (χ0n) is 9.79. The summed E-state index contributed by atoms with van der Waals surface area (Å²) >= 11 is 0. The molecule has 1 amide bonds. The van der Waals surface area contributed by atoms with Crippen LogP contribution in [0.4, 0.5) is 5.69 Å². The summed E-state index contributed by atoms with van der Waals surface area (Å²) in [6.45, 7) is -0.110. The Kier molecular flexibility index (Phi) is 2.64. The van der Waals surface area contributed by atoms with Gasteiger partial charge in [0.15, 0.2) is 5.58 Å². The molecule has 0 aliphatic heterocycles. The molecule has 0 spiro atoms. The largest absolute Gasteiger partial charge is 0.420 e. The molecule has 7 heteroatoms. The number of hydrogen-bond donors (Lipinski definition) is 2. The lowest BCUT2D eigenvalue weighted by Crippen LogP contribution is -2.24. The van der Waals surface area contributed by atoms with E-state index in [0.717, 1.165) is 0 Å². The minimum absolute atomic E-state index is 0.110. The predicted molar refractivity (Wildman–Crippen MR) is 67.7 cm³/mol. The van der Waals surface area contributed by atoms with Gasteiger partial charge in [-0.2, -0.15) is 5.10 Å². The normalized spacial score (nSPS) is 10.7. The fourth-order valence-corrected chi connectivity index (χ4v) is 1.83. The topological polar surface area (TPSA) is 92.9 Å². The van der Waals surface area contributed by atoms with Gasteiger partial charge in [-0.05, 0) is 12.1 Å². The number of rotatable bonds is 3. The number of oxazole rings is 1. The molecule has 0 saturated heterocycles. The molecule has 0 radical (unpaired) electrons. The van der Waals surface area contributed by atoms with Gasteiger partial charge in [-0.1, -0.05) is 12.1 Å². The molecule has 0 unspecified atom stereocenters. The molecule has 3 aromatic rings. The first kappa shape index (κ1) is 11.3. The average molecular weight is 258 g/mol. The third kappa shape index (κ3) is 2.13. The Morgan fingerprint density at radius 1 is 1.42 bits per heavy atom. The number of fused-ring (bicyclic) bond motifs is 1. The van der Waals surface area contributed by atoms with E-state index in [1.807, 2.05) is 0 Å². The standard InChI is InChI=1S/C12H10N4O3/c17-11(15-8-5-13-14-6-8)7-16-9-3-1-2-4-10(9)19-12(16)18/h1-6H,7H2,(H,13,14)(H,15,17). The van der Waals surface area contributed by atoms with Gasteiger partial charge in [0.25, 0.3) is 0 Å². The fraction of sp³-hybridized carbons (Fsp3) is 0.0833. The molecule has 0 bridgehead atoms. The summed E-state index contributed by atoms with van der Waals surface area (Å²) < 4.78 is 6.33. The van der Waals surface area contributed by atoms with Crippen molar-refractivity contribution < 1.29 is 9.21 Å². The molecular formula is C12H10N4O3. The van der Waals surface area contributed by atoms with Crippen LogP contribution in [0.25, 0.3) is 11.1 Å². The van der Waals surface area contributed by atoms with Gasteiger partial charge in [-0.3, -0.25) is 14.5 Å². The second-order valence-electron chi connectivity index (χ2n) is 3.96. The summed E-state index contributed by atoms with van der Waals surface area (Å²) in [7, 11) is 0. The van der Waals surface area contributed by atoms with Crippen LogP contribution < -0.4 is 11.1 Å². The highest BCUT2D eigenvalue weighted by Crippen LogP contribution is 2.11. The lowest BCUT2D eigenvalue weighted by molar-refractivity contribution is -0.116. The summed E-state index contributed by atoms with van der Waals surface area (Å²) in [5.74, 6) is -0.876. The maximum Gasteiger partial charge on any atom is 0.420 e. The van der Waals surface area contributed by atoms with Crippen LogP contribution in [0.15, 0.2) is 45.9 Å². The molecule has 2 heterocycles. The monoisotopic (exact) mass is 258 g/mol. The molecule has 2 aromatic heterocycles. The summed E-state index contributed by atoms with van der Waals surface area (Å²) in [6.07, 6.45) is 3.03. The Hall–Kier alpha value is -2.83. The van der Waals surface area contributed by atoms with Crippen LogP contribution in [0.5, 0.6) is 0 Å². The SMILES string of the molecule is O=C(Cn1c(=O)oc2ccccc21)Nc1cn[nH]c1. The van der Waals surface area contributed by atoms with Gasteiger partial charge >= 0.3 is 5.76 Å². The first-order chi connectivity index (χ1) is 9.24.